The molecule has 0 radical (unpaired) electrons. The van der Waals surface area contributed by atoms with Crippen molar-refractivity contribution in [2.24, 2.45) is 0 Å². The molecule has 3 aromatic carbocycles. The second kappa shape index (κ2) is 15.0. The van der Waals surface area contributed by atoms with Gasteiger partial charge in [0.25, 0.3) is 0 Å². The van der Waals surface area contributed by atoms with Crippen molar-refractivity contribution in [3.05, 3.63) is 101 Å². The molecular weight excluding hydrogens is 488 g/mol. The second-order valence-electron chi connectivity index (χ2n) is 8.72. The van der Waals surface area contributed by atoms with Gasteiger partial charge in [0.2, 0.25) is 11.8 Å². The van der Waals surface area contributed by atoms with Crippen LogP contribution in [0.2, 0.25) is 5.02 Å². The zero-order chi connectivity index (χ0) is 26.5. The van der Waals surface area contributed by atoms with E-state index in [1.807, 2.05) is 73.7 Å². The number of nitrogens with one attached hydrogen (secondary N) is 1. The highest BCUT2D eigenvalue weighted by molar-refractivity contribution is 6.30. The quantitative estimate of drug-likeness (QED) is 0.300. The standard InChI is InChI=1S/C30H35ClN2O4/c1-3-37-19-7-18-32-30(35)28(20-23-8-5-4-6-9-23)33(22-25-12-16-27(36-2)17-13-25)29(34)21-24-10-14-26(31)15-11-24/h4-6,8-17,28H,3,7,18-22H2,1-2H3,(H,32,35)/t28-/m1/s1. The Kier molecular flexibility index (Phi) is 11.5. The van der Waals surface area contributed by atoms with Gasteiger partial charge in [0.15, 0.2) is 0 Å². The predicted octanol–water partition coefficient (Wildman–Crippen LogP) is 5.07. The third-order valence-electron chi connectivity index (χ3n) is 6.02. The molecule has 0 saturated heterocycles. The van der Waals surface area contributed by atoms with Gasteiger partial charge in [-0.2, -0.15) is 0 Å². The first-order valence-corrected chi connectivity index (χ1v) is 12.9. The molecule has 0 saturated carbocycles. The average molecular weight is 523 g/mol. The van der Waals surface area contributed by atoms with Gasteiger partial charge in [-0.05, 0) is 54.3 Å². The van der Waals surface area contributed by atoms with E-state index < -0.39 is 6.04 Å². The molecule has 3 aromatic rings. The van der Waals surface area contributed by atoms with Gasteiger partial charge < -0.3 is 19.7 Å². The van der Waals surface area contributed by atoms with Crippen molar-refractivity contribution in [2.45, 2.75) is 38.8 Å². The average Bonchev–Trinajstić information content (AvgIpc) is 2.92. The molecule has 196 valence electrons. The fraction of sp³-hybridized carbons (Fsp3) is 0.333. The number of ether oxygens (including phenoxy) is 2. The molecule has 0 unspecified atom stereocenters. The van der Waals surface area contributed by atoms with Gasteiger partial charge in [-0.3, -0.25) is 9.59 Å². The number of hydrogen-bond donors (Lipinski definition) is 1. The van der Waals surface area contributed by atoms with Crippen LogP contribution >= 0.6 is 11.6 Å². The summed E-state index contributed by atoms with van der Waals surface area (Å²) in [5.74, 6) is 0.414. The summed E-state index contributed by atoms with van der Waals surface area (Å²) in [4.78, 5) is 29.0. The fourth-order valence-electron chi connectivity index (χ4n) is 4.01. The minimum Gasteiger partial charge on any atom is -0.497 e. The molecule has 6 nitrogen and oxygen atoms in total. The zero-order valence-corrected chi connectivity index (χ0v) is 22.2. The normalized spacial score (nSPS) is 11.5. The lowest BCUT2D eigenvalue weighted by Gasteiger charge is -2.32. The minimum atomic E-state index is -0.684. The van der Waals surface area contributed by atoms with Crippen LogP contribution in [0.5, 0.6) is 5.75 Å². The van der Waals surface area contributed by atoms with Crippen molar-refractivity contribution in [2.75, 3.05) is 26.9 Å². The van der Waals surface area contributed by atoms with Crippen molar-refractivity contribution in [3.8, 4) is 5.75 Å². The number of benzene rings is 3. The van der Waals surface area contributed by atoms with Crippen molar-refractivity contribution in [3.63, 3.8) is 0 Å². The van der Waals surface area contributed by atoms with Gasteiger partial charge >= 0.3 is 0 Å². The summed E-state index contributed by atoms with van der Waals surface area (Å²) in [6.45, 7) is 3.93. The van der Waals surface area contributed by atoms with Crippen molar-refractivity contribution >= 4 is 23.4 Å². The minimum absolute atomic E-state index is 0.136. The zero-order valence-electron chi connectivity index (χ0n) is 21.5. The number of halogens is 1. The highest BCUT2D eigenvalue weighted by Crippen LogP contribution is 2.19. The summed E-state index contributed by atoms with van der Waals surface area (Å²) in [6, 6.07) is 23.9. The Bertz CT molecular complexity index is 1100. The molecular formula is C30H35ClN2O4. The molecule has 0 fully saturated rings. The van der Waals surface area contributed by atoms with Gasteiger partial charge in [0, 0.05) is 37.7 Å². The Balaban J connectivity index is 1.88. The lowest BCUT2D eigenvalue weighted by atomic mass is 10.0. The van der Waals surface area contributed by atoms with Crippen LogP contribution in [0, 0.1) is 0 Å². The van der Waals surface area contributed by atoms with Gasteiger partial charge in [0.1, 0.15) is 11.8 Å². The lowest BCUT2D eigenvalue weighted by molar-refractivity contribution is -0.140. The largest absolute Gasteiger partial charge is 0.497 e. The molecule has 3 rings (SSSR count). The molecule has 0 aliphatic carbocycles. The maximum absolute atomic E-state index is 13.7. The highest BCUT2D eigenvalue weighted by Gasteiger charge is 2.30. The number of carbonyl (C=O) groups is 2. The summed E-state index contributed by atoms with van der Waals surface area (Å²) >= 11 is 6.04. The smallest absolute Gasteiger partial charge is 0.243 e. The van der Waals surface area contributed by atoms with E-state index in [0.29, 0.717) is 44.2 Å². The number of hydrogen-bond acceptors (Lipinski definition) is 4. The van der Waals surface area contributed by atoms with Gasteiger partial charge in [-0.1, -0.05) is 66.2 Å². The van der Waals surface area contributed by atoms with E-state index in [9.17, 15) is 9.59 Å². The van der Waals surface area contributed by atoms with E-state index in [1.54, 1.807) is 24.1 Å². The number of amides is 2. The first-order valence-electron chi connectivity index (χ1n) is 12.6. The van der Waals surface area contributed by atoms with E-state index in [1.165, 1.54) is 0 Å². The van der Waals surface area contributed by atoms with Crippen LogP contribution in [-0.4, -0.2) is 49.6 Å². The molecule has 0 bridgehead atoms. The van der Waals surface area contributed by atoms with Gasteiger partial charge in [-0.15, -0.1) is 0 Å². The van der Waals surface area contributed by atoms with Crippen LogP contribution in [0.15, 0.2) is 78.9 Å². The first-order chi connectivity index (χ1) is 18.0. The Morgan fingerprint density at radius 2 is 1.59 bits per heavy atom. The molecule has 7 heteroatoms. The molecule has 0 spiro atoms. The number of nitrogens with zero attached hydrogens (tertiary/aromatic N) is 1. The Morgan fingerprint density at radius 3 is 2.24 bits per heavy atom. The number of rotatable bonds is 14. The Hall–Kier alpha value is -3.35. The molecule has 2 amide bonds. The third-order valence-corrected chi connectivity index (χ3v) is 6.27. The SMILES string of the molecule is CCOCCCNC(=O)[C@@H](Cc1ccccc1)N(Cc1ccc(OC)cc1)C(=O)Cc1ccc(Cl)cc1. The fourth-order valence-corrected chi connectivity index (χ4v) is 4.13. The maximum atomic E-state index is 13.7. The van der Waals surface area contributed by atoms with E-state index in [0.717, 1.165) is 22.4 Å². The summed E-state index contributed by atoms with van der Waals surface area (Å²) < 4.78 is 10.7. The maximum Gasteiger partial charge on any atom is 0.243 e. The van der Waals surface area contributed by atoms with Gasteiger partial charge in [-0.25, -0.2) is 0 Å². The van der Waals surface area contributed by atoms with Crippen LogP contribution in [0.1, 0.15) is 30.0 Å². The Labute approximate surface area is 224 Å². The first kappa shape index (κ1) is 28.2. The van der Waals surface area contributed by atoms with Crippen LogP contribution in [0.4, 0.5) is 0 Å². The van der Waals surface area contributed by atoms with Gasteiger partial charge in [0.05, 0.1) is 13.5 Å². The van der Waals surface area contributed by atoms with Crippen LogP contribution < -0.4 is 10.1 Å². The second-order valence-corrected chi connectivity index (χ2v) is 9.16. The number of carbonyl (C=O) groups excluding carboxylic acids is 2. The van der Waals surface area contributed by atoms with Crippen LogP contribution in [0.3, 0.4) is 0 Å². The van der Waals surface area contributed by atoms with E-state index >= 15 is 0 Å². The summed E-state index contributed by atoms with van der Waals surface area (Å²) in [7, 11) is 1.61. The lowest BCUT2D eigenvalue weighted by Crippen LogP contribution is -2.51. The Morgan fingerprint density at radius 1 is 0.919 bits per heavy atom. The third kappa shape index (κ3) is 9.23. The van der Waals surface area contributed by atoms with Crippen LogP contribution in [-0.2, 0) is 33.7 Å². The van der Waals surface area contributed by atoms with Crippen molar-refractivity contribution in [1.82, 2.24) is 10.2 Å². The highest BCUT2D eigenvalue weighted by atomic mass is 35.5. The molecule has 0 aromatic heterocycles. The molecule has 0 aliphatic rings. The predicted molar refractivity (Wildman–Crippen MR) is 147 cm³/mol. The van der Waals surface area contributed by atoms with Crippen molar-refractivity contribution in [1.29, 1.82) is 0 Å². The molecule has 0 heterocycles. The van der Waals surface area contributed by atoms with Crippen LogP contribution in [0.25, 0.3) is 0 Å². The molecule has 0 aliphatic heterocycles. The summed E-state index contributed by atoms with van der Waals surface area (Å²) in [5.41, 5.74) is 2.73. The molecule has 1 N–H and O–H groups in total. The monoisotopic (exact) mass is 522 g/mol. The molecule has 37 heavy (non-hydrogen) atoms. The number of methoxy groups -OCH3 is 1. The van der Waals surface area contributed by atoms with E-state index in [-0.39, 0.29) is 18.2 Å². The summed E-state index contributed by atoms with van der Waals surface area (Å²) in [6.07, 6.45) is 1.27. The molecule has 1 atom stereocenters. The topological polar surface area (TPSA) is 67.9 Å². The van der Waals surface area contributed by atoms with E-state index in [2.05, 4.69) is 5.32 Å². The van der Waals surface area contributed by atoms with Crippen molar-refractivity contribution < 1.29 is 19.1 Å². The summed E-state index contributed by atoms with van der Waals surface area (Å²) in [5, 5.41) is 3.63. The van der Waals surface area contributed by atoms with E-state index in [4.69, 9.17) is 21.1 Å².